The first kappa shape index (κ1) is 8.29. The molecule has 0 aromatic carbocycles. The first-order valence-electron chi connectivity index (χ1n) is 4.50. The molecule has 4 nitrogen and oxygen atoms in total. The van der Waals surface area contributed by atoms with Crippen LogP contribution in [0, 0.1) is 0 Å². The Labute approximate surface area is 76.5 Å². The topological polar surface area (TPSA) is 46.3 Å². The summed E-state index contributed by atoms with van der Waals surface area (Å²) in [6.45, 7) is 2.90. The molecule has 0 saturated carbocycles. The Kier molecular flexibility index (Phi) is 2.04. The van der Waals surface area contributed by atoms with Crippen molar-refractivity contribution in [3.05, 3.63) is 18.0 Å². The minimum absolute atomic E-state index is 0.0150. The fourth-order valence-corrected chi connectivity index (χ4v) is 1.70. The van der Waals surface area contributed by atoms with Crippen LogP contribution in [0.25, 0.3) is 0 Å². The van der Waals surface area contributed by atoms with Gasteiger partial charge in [-0.05, 0) is 19.8 Å². The average Bonchev–Trinajstić information content (AvgIpc) is 2.72. The first-order valence-corrected chi connectivity index (χ1v) is 4.50. The van der Waals surface area contributed by atoms with Crippen molar-refractivity contribution in [3.8, 4) is 0 Å². The number of amides is 1. The highest BCUT2D eigenvalue weighted by Gasteiger charge is 2.27. The third kappa shape index (κ3) is 1.43. The van der Waals surface area contributed by atoms with Crippen molar-refractivity contribution in [2.24, 2.45) is 0 Å². The third-order valence-corrected chi connectivity index (χ3v) is 2.47. The fourth-order valence-electron chi connectivity index (χ4n) is 1.70. The van der Waals surface area contributed by atoms with Crippen LogP contribution in [0.4, 0.5) is 0 Å². The minimum Gasteiger partial charge on any atom is -0.364 e. The lowest BCUT2D eigenvalue weighted by atomic mass is 10.2. The predicted molar refractivity (Wildman–Crippen MR) is 46.2 cm³/mol. The first-order chi connectivity index (χ1) is 6.29. The number of aromatic nitrogens is 1. The highest BCUT2D eigenvalue weighted by atomic mass is 16.5. The van der Waals surface area contributed by atoms with E-state index in [1.54, 1.807) is 6.07 Å². The molecule has 0 aliphatic carbocycles. The van der Waals surface area contributed by atoms with Crippen molar-refractivity contribution < 1.29 is 9.32 Å². The number of likely N-dealkylation sites (tertiary alicyclic amines) is 1. The van der Waals surface area contributed by atoms with Crippen molar-refractivity contribution in [3.63, 3.8) is 0 Å². The highest BCUT2D eigenvalue weighted by Crippen LogP contribution is 2.18. The predicted octanol–water partition coefficient (Wildman–Crippen LogP) is 1.30. The van der Waals surface area contributed by atoms with Crippen LogP contribution in [0.5, 0.6) is 0 Å². The van der Waals surface area contributed by atoms with E-state index < -0.39 is 0 Å². The lowest BCUT2D eigenvalue weighted by Gasteiger charge is -2.19. The fraction of sp³-hybridized carbons (Fsp3) is 0.556. The molecular weight excluding hydrogens is 168 g/mol. The smallest absolute Gasteiger partial charge is 0.276 e. The van der Waals surface area contributed by atoms with Crippen LogP contribution in [0.2, 0.25) is 0 Å². The summed E-state index contributed by atoms with van der Waals surface area (Å²) < 4.78 is 4.63. The van der Waals surface area contributed by atoms with E-state index in [-0.39, 0.29) is 5.91 Å². The maximum absolute atomic E-state index is 11.7. The van der Waals surface area contributed by atoms with Crippen LogP contribution < -0.4 is 0 Å². The number of carbonyl (C=O) groups excluding carboxylic acids is 1. The normalized spacial score (nSPS) is 22.2. The van der Waals surface area contributed by atoms with Gasteiger partial charge in [-0.15, -0.1) is 0 Å². The third-order valence-electron chi connectivity index (χ3n) is 2.47. The van der Waals surface area contributed by atoms with Crippen molar-refractivity contribution in [1.82, 2.24) is 10.1 Å². The van der Waals surface area contributed by atoms with Gasteiger partial charge in [-0.3, -0.25) is 4.79 Å². The maximum atomic E-state index is 11.7. The zero-order valence-corrected chi connectivity index (χ0v) is 7.56. The molecule has 1 fully saturated rings. The van der Waals surface area contributed by atoms with Gasteiger partial charge in [0.05, 0.1) is 0 Å². The SMILES string of the molecule is CC1CCCN1C(=O)c1ccon1. The molecule has 1 saturated heterocycles. The Bertz CT molecular complexity index is 295. The number of nitrogens with zero attached hydrogens (tertiary/aromatic N) is 2. The molecule has 1 aliphatic rings. The molecular formula is C9H12N2O2. The van der Waals surface area contributed by atoms with Gasteiger partial charge in [-0.1, -0.05) is 5.16 Å². The molecule has 0 N–H and O–H groups in total. The van der Waals surface area contributed by atoms with Crippen LogP contribution in [0.1, 0.15) is 30.3 Å². The summed E-state index contributed by atoms with van der Waals surface area (Å²) in [6, 6.07) is 1.94. The van der Waals surface area contributed by atoms with Crippen molar-refractivity contribution in [2.75, 3.05) is 6.54 Å². The second kappa shape index (κ2) is 3.20. The highest BCUT2D eigenvalue weighted by molar-refractivity contribution is 5.92. The minimum atomic E-state index is -0.0150. The van der Waals surface area contributed by atoms with Crippen molar-refractivity contribution >= 4 is 5.91 Å². The largest absolute Gasteiger partial charge is 0.364 e. The van der Waals surface area contributed by atoms with Gasteiger partial charge in [-0.2, -0.15) is 0 Å². The van der Waals surface area contributed by atoms with Gasteiger partial charge in [0.1, 0.15) is 6.26 Å². The van der Waals surface area contributed by atoms with Gasteiger partial charge in [-0.25, -0.2) is 0 Å². The summed E-state index contributed by atoms with van der Waals surface area (Å²) in [6.07, 6.45) is 3.60. The summed E-state index contributed by atoms with van der Waals surface area (Å²) >= 11 is 0. The number of hydrogen-bond acceptors (Lipinski definition) is 3. The van der Waals surface area contributed by atoms with Crippen LogP contribution in [-0.2, 0) is 0 Å². The van der Waals surface area contributed by atoms with E-state index in [4.69, 9.17) is 0 Å². The van der Waals surface area contributed by atoms with Crippen LogP contribution in [-0.4, -0.2) is 28.6 Å². The maximum Gasteiger partial charge on any atom is 0.276 e. The molecule has 1 amide bonds. The number of hydrogen-bond donors (Lipinski definition) is 0. The zero-order chi connectivity index (χ0) is 9.26. The Morgan fingerprint density at radius 1 is 1.77 bits per heavy atom. The molecule has 13 heavy (non-hydrogen) atoms. The van der Waals surface area contributed by atoms with Gasteiger partial charge in [0.2, 0.25) is 0 Å². The standard InChI is InChI=1S/C9H12N2O2/c1-7-3-2-5-11(7)9(12)8-4-6-13-10-8/h4,6-7H,2-3,5H2,1H3. The molecule has 1 aromatic rings. The second-order valence-corrected chi connectivity index (χ2v) is 3.37. The summed E-state index contributed by atoms with van der Waals surface area (Å²) in [7, 11) is 0. The van der Waals surface area contributed by atoms with E-state index in [9.17, 15) is 4.79 Å². The average molecular weight is 180 g/mol. The van der Waals surface area contributed by atoms with Crippen molar-refractivity contribution in [2.45, 2.75) is 25.8 Å². The molecule has 4 heteroatoms. The Balaban J connectivity index is 2.13. The van der Waals surface area contributed by atoms with Gasteiger partial charge in [0, 0.05) is 18.7 Å². The van der Waals surface area contributed by atoms with Crippen LogP contribution >= 0.6 is 0 Å². The molecule has 0 radical (unpaired) electrons. The van der Waals surface area contributed by atoms with Gasteiger partial charge >= 0.3 is 0 Å². The molecule has 70 valence electrons. The zero-order valence-electron chi connectivity index (χ0n) is 7.56. The molecule has 1 aliphatic heterocycles. The summed E-state index contributed by atoms with van der Waals surface area (Å²) in [5.74, 6) is -0.0150. The summed E-state index contributed by atoms with van der Waals surface area (Å²) in [5, 5.41) is 3.63. The molecule has 2 heterocycles. The number of carbonyl (C=O) groups is 1. The quantitative estimate of drug-likeness (QED) is 0.654. The van der Waals surface area contributed by atoms with Gasteiger partial charge < -0.3 is 9.42 Å². The van der Waals surface area contributed by atoms with E-state index in [0.717, 1.165) is 19.4 Å². The summed E-state index contributed by atoms with van der Waals surface area (Å²) in [5.41, 5.74) is 0.411. The van der Waals surface area contributed by atoms with Gasteiger partial charge in [0.25, 0.3) is 5.91 Å². The van der Waals surface area contributed by atoms with Gasteiger partial charge in [0.15, 0.2) is 5.69 Å². The van der Waals surface area contributed by atoms with Crippen LogP contribution in [0.15, 0.2) is 16.9 Å². The Morgan fingerprint density at radius 3 is 3.15 bits per heavy atom. The van der Waals surface area contributed by atoms with E-state index in [1.165, 1.54) is 6.26 Å². The molecule has 1 aromatic heterocycles. The molecule has 1 unspecified atom stereocenters. The second-order valence-electron chi connectivity index (χ2n) is 3.37. The Morgan fingerprint density at radius 2 is 2.62 bits per heavy atom. The van der Waals surface area contributed by atoms with Crippen molar-refractivity contribution in [1.29, 1.82) is 0 Å². The number of rotatable bonds is 1. The van der Waals surface area contributed by atoms with Crippen LogP contribution in [0.3, 0.4) is 0 Å². The van der Waals surface area contributed by atoms with E-state index >= 15 is 0 Å². The van der Waals surface area contributed by atoms with E-state index in [2.05, 4.69) is 16.6 Å². The lowest BCUT2D eigenvalue weighted by molar-refractivity contribution is 0.0737. The lowest BCUT2D eigenvalue weighted by Crippen LogP contribution is -2.33. The monoisotopic (exact) mass is 180 g/mol. The Hall–Kier alpha value is -1.32. The molecule has 2 rings (SSSR count). The molecule has 0 spiro atoms. The molecule has 1 atom stereocenters. The molecule has 0 bridgehead atoms. The summed E-state index contributed by atoms with van der Waals surface area (Å²) in [4.78, 5) is 13.6. The van der Waals surface area contributed by atoms with E-state index in [0.29, 0.717) is 11.7 Å². The van der Waals surface area contributed by atoms with E-state index in [1.807, 2.05) is 4.90 Å².